The third-order valence-corrected chi connectivity index (χ3v) is 5.31. The molecular weight excluding hydrogens is 435 g/mol. The quantitative estimate of drug-likeness (QED) is 0.595. The molecule has 4 rings (SSSR count). The fraction of sp³-hybridized carbons (Fsp3) is 0.222. The van der Waals surface area contributed by atoms with E-state index in [1.54, 1.807) is 0 Å². The van der Waals surface area contributed by atoms with Gasteiger partial charge in [-0.25, -0.2) is 9.89 Å². The van der Waals surface area contributed by atoms with Gasteiger partial charge in [0.2, 0.25) is 5.88 Å². The lowest BCUT2D eigenvalue weighted by molar-refractivity contribution is 0.444. The highest BCUT2D eigenvalue weighted by Crippen LogP contribution is 2.42. The van der Waals surface area contributed by atoms with Gasteiger partial charge < -0.3 is 9.58 Å². The average molecular weight is 447 g/mol. The zero-order valence-electron chi connectivity index (χ0n) is 15.3. The molecule has 0 bridgehead atoms. The van der Waals surface area contributed by atoms with Gasteiger partial charge in [0.15, 0.2) is 5.75 Å². The molecule has 1 atom stereocenters. The Morgan fingerprint density at radius 1 is 1.23 bits per heavy atom. The molecule has 0 radical (unpaired) electrons. The molecule has 0 aliphatic heterocycles. The Kier molecular flexibility index (Phi) is 4.93. The van der Waals surface area contributed by atoms with Crippen molar-refractivity contribution in [2.24, 2.45) is 0 Å². The number of hydrogen-bond acceptors (Lipinski definition) is 6. The standard InChI is InChI=1S/C18H12Cl2N6O4/c1-7-3-4-9-12(7)17(24-23-15(9)27)30-13-10(19)5-8(6-11(13)20)26-18(29)22-16(28)14(21-2)25-26/h5-7H,3-4H2,1H3,(H,23,27)(H,22,28,29). The molecule has 1 aliphatic rings. The van der Waals surface area contributed by atoms with Crippen LogP contribution in [-0.2, 0) is 6.42 Å². The van der Waals surface area contributed by atoms with Gasteiger partial charge in [-0.15, -0.1) is 9.78 Å². The zero-order valence-corrected chi connectivity index (χ0v) is 16.8. The first-order chi connectivity index (χ1) is 14.3. The first-order valence-electron chi connectivity index (χ1n) is 8.70. The first-order valence-corrected chi connectivity index (χ1v) is 9.45. The molecule has 0 saturated heterocycles. The number of halogens is 2. The molecule has 0 fully saturated rings. The summed E-state index contributed by atoms with van der Waals surface area (Å²) < 4.78 is 6.63. The Morgan fingerprint density at radius 3 is 2.60 bits per heavy atom. The molecule has 12 heteroatoms. The Balaban J connectivity index is 1.79. The summed E-state index contributed by atoms with van der Waals surface area (Å²) in [4.78, 5) is 40.6. The molecule has 0 saturated carbocycles. The van der Waals surface area contributed by atoms with Crippen LogP contribution in [0.25, 0.3) is 10.5 Å². The third-order valence-electron chi connectivity index (χ3n) is 4.75. The van der Waals surface area contributed by atoms with Crippen LogP contribution in [0.3, 0.4) is 0 Å². The van der Waals surface area contributed by atoms with Crippen LogP contribution in [0.2, 0.25) is 10.0 Å². The topological polar surface area (TPSA) is 127 Å². The summed E-state index contributed by atoms with van der Waals surface area (Å²) in [5, 5.41) is 10.2. The molecule has 3 aromatic rings. The lowest BCUT2D eigenvalue weighted by Gasteiger charge is -2.14. The molecule has 1 unspecified atom stereocenters. The van der Waals surface area contributed by atoms with E-state index in [2.05, 4.69) is 20.1 Å². The molecule has 2 heterocycles. The number of benzene rings is 1. The Hall–Kier alpha value is -3.42. The van der Waals surface area contributed by atoms with E-state index >= 15 is 0 Å². The fourth-order valence-corrected chi connectivity index (χ4v) is 3.88. The number of nitrogens with one attached hydrogen (secondary N) is 2. The maximum absolute atomic E-state index is 12.1. The van der Waals surface area contributed by atoms with Crippen molar-refractivity contribution in [3.8, 4) is 17.3 Å². The highest BCUT2D eigenvalue weighted by Gasteiger charge is 2.28. The van der Waals surface area contributed by atoms with Crippen molar-refractivity contribution in [2.75, 3.05) is 0 Å². The van der Waals surface area contributed by atoms with Crippen molar-refractivity contribution in [3.63, 3.8) is 0 Å². The molecule has 2 aromatic heterocycles. The van der Waals surface area contributed by atoms with E-state index in [1.807, 2.05) is 11.9 Å². The minimum absolute atomic E-state index is 0.0363. The van der Waals surface area contributed by atoms with Gasteiger partial charge in [0.25, 0.3) is 11.1 Å². The van der Waals surface area contributed by atoms with Crippen LogP contribution in [-0.4, -0.2) is 25.0 Å². The first kappa shape index (κ1) is 19.9. The normalized spacial score (nSPS) is 14.9. The van der Waals surface area contributed by atoms with Gasteiger partial charge in [-0.3, -0.25) is 14.6 Å². The monoisotopic (exact) mass is 446 g/mol. The summed E-state index contributed by atoms with van der Waals surface area (Å²) in [5.74, 6) is -0.159. The van der Waals surface area contributed by atoms with Crippen molar-refractivity contribution in [1.29, 1.82) is 0 Å². The molecule has 152 valence electrons. The minimum Gasteiger partial charge on any atom is -0.434 e. The molecule has 1 aliphatic carbocycles. The molecule has 10 nitrogen and oxygen atoms in total. The predicted octanol–water partition coefficient (Wildman–Crippen LogP) is 2.70. The lowest BCUT2D eigenvalue weighted by Crippen LogP contribution is -2.30. The SMILES string of the molecule is [C-]#[N+]c1nn(-c2cc(Cl)c(Oc3n[nH]c(=O)c4c3C(C)CC4)c(Cl)c2)c(=O)[nH]c1=O. The average Bonchev–Trinajstić information content (AvgIpc) is 3.09. The van der Waals surface area contributed by atoms with Crippen LogP contribution in [0.5, 0.6) is 11.6 Å². The van der Waals surface area contributed by atoms with Crippen LogP contribution in [0, 0.1) is 6.57 Å². The van der Waals surface area contributed by atoms with Crippen molar-refractivity contribution < 1.29 is 4.74 Å². The van der Waals surface area contributed by atoms with Gasteiger partial charge in [-0.1, -0.05) is 36.7 Å². The van der Waals surface area contributed by atoms with Gasteiger partial charge >= 0.3 is 11.5 Å². The molecule has 30 heavy (non-hydrogen) atoms. The summed E-state index contributed by atoms with van der Waals surface area (Å²) >= 11 is 12.7. The number of aromatic nitrogens is 5. The van der Waals surface area contributed by atoms with E-state index in [1.165, 1.54) is 12.1 Å². The van der Waals surface area contributed by atoms with Gasteiger partial charge in [0.05, 0.1) is 15.7 Å². The number of H-pyrrole nitrogens is 2. The number of hydrogen-bond donors (Lipinski definition) is 2. The summed E-state index contributed by atoms with van der Waals surface area (Å²) in [6, 6.07) is 2.69. The molecule has 1 aromatic carbocycles. The van der Waals surface area contributed by atoms with Crippen molar-refractivity contribution >= 4 is 29.0 Å². The molecule has 2 N–H and O–H groups in total. The number of rotatable bonds is 3. The molecular formula is C18H12Cl2N6O4. The van der Waals surface area contributed by atoms with Crippen molar-refractivity contribution in [1.82, 2.24) is 25.0 Å². The summed E-state index contributed by atoms with van der Waals surface area (Å²) in [6.45, 7) is 8.94. The number of nitrogens with zero attached hydrogens (tertiary/aromatic N) is 4. The van der Waals surface area contributed by atoms with Crippen LogP contribution >= 0.6 is 23.2 Å². The Labute approximate surface area is 177 Å². The van der Waals surface area contributed by atoms with Crippen LogP contribution in [0.1, 0.15) is 30.4 Å². The van der Waals surface area contributed by atoms with E-state index in [9.17, 15) is 14.4 Å². The smallest absolute Gasteiger partial charge is 0.365 e. The van der Waals surface area contributed by atoms with E-state index in [0.29, 0.717) is 17.5 Å². The van der Waals surface area contributed by atoms with Crippen molar-refractivity contribution in [3.05, 3.63) is 75.9 Å². The Bertz CT molecular complexity index is 1380. The van der Waals surface area contributed by atoms with Crippen LogP contribution in [0.15, 0.2) is 26.5 Å². The Morgan fingerprint density at radius 2 is 1.93 bits per heavy atom. The third kappa shape index (κ3) is 3.28. The minimum atomic E-state index is -0.893. The van der Waals surface area contributed by atoms with Crippen molar-refractivity contribution in [2.45, 2.75) is 25.7 Å². The highest BCUT2D eigenvalue weighted by molar-refractivity contribution is 6.37. The highest BCUT2D eigenvalue weighted by atomic mass is 35.5. The van der Waals surface area contributed by atoms with Gasteiger partial charge in [0, 0.05) is 11.1 Å². The lowest BCUT2D eigenvalue weighted by atomic mass is 10.1. The largest absolute Gasteiger partial charge is 0.434 e. The van der Waals surface area contributed by atoms with Gasteiger partial charge in [-0.05, 0) is 36.0 Å². The van der Waals surface area contributed by atoms with E-state index in [4.69, 9.17) is 34.5 Å². The van der Waals surface area contributed by atoms with Gasteiger partial charge in [0.1, 0.15) is 0 Å². The molecule has 0 amide bonds. The number of fused-ring (bicyclic) bond motifs is 1. The second kappa shape index (κ2) is 7.44. The number of aromatic amines is 2. The summed E-state index contributed by atoms with van der Waals surface area (Å²) in [7, 11) is 0. The number of ether oxygens (including phenoxy) is 1. The zero-order chi connectivity index (χ0) is 21.6. The second-order valence-corrected chi connectivity index (χ2v) is 7.45. The predicted molar refractivity (Wildman–Crippen MR) is 108 cm³/mol. The fourth-order valence-electron chi connectivity index (χ4n) is 3.32. The maximum Gasteiger partial charge on any atom is 0.365 e. The van der Waals surface area contributed by atoms with E-state index < -0.39 is 17.1 Å². The summed E-state index contributed by atoms with van der Waals surface area (Å²) in [6.07, 6.45) is 1.42. The van der Waals surface area contributed by atoms with E-state index in [-0.39, 0.29) is 38.8 Å². The maximum atomic E-state index is 12.1. The van der Waals surface area contributed by atoms with Gasteiger partial charge in [-0.2, -0.15) is 0 Å². The summed E-state index contributed by atoms with van der Waals surface area (Å²) in [5.41, 5.74) is -0.565. The van der Waals surface area contributed by atoms with E-state index in [0.717, 1.165) is 11.1 Å². The second-order valence-electron chi connectivity index (χ2n) is 6.64. The van der Waals surface area contributed by atoms with Crippen LogP contribution < -0.4 is 21.5 Å². The van der Waals surface area contributed by atoms with Crippen LogP contribution in [0.4, 0.5) is 5.82 Å². The molecule has 0 spiro atoms.